The summed E-state index contributed by atoms with van der Waals surface area (Å²) in [4.78, 5) is 14.0. The van der Waals surface area contributed by atoms with E-state index in [2.05, 4.69) is 5.32 Å². The first-order valence-corrected chi connectivity index (χ1v) is 11.5. The zero-order valence-electron chi connectivity index (χ0n) is 18.2. The van der Waals surface area contributed by atoms with Crippen LogP contribution in [0, 0.1) is 0 Å². The summed E-state index contributed by atoms with van der Waals surface area (Å²) >= 11 is 5.99. The summed E-state index contributed by atoms with van der Waals surface area (Å²) in [5, 5.41) is 14.4. The molecule has 1 atom stereocenters. The number of benzene rings is 2. The number of anilines is 2. The van der Waals surface area contributed by atoms with E-state index in [1.54, 1.807) is 48.6 Å². The summed E-state index contributed by atoms with van der Waals surface area (Å²) in [5.74, 6) is -0.475. The number of primary amides is 1. The summed E-state index contributed by atoms with van der Waals surface area (Å²) in [6, 6.07) is 10.2. The Labute approximate surface area is 197 Å². The Kier molecular flexibility index (Phi) is 6.91. The van der Waals surface area contributed by atoms with Crippen molar-refractivity contribution in [3.63, 3.8) is 0 Å². The van der Waals surface area contributed by atoms with Crippen LogP contribution in [0.2, 0.25) is 5.02 Å². The molecule has 0 bridgehead atoms. The minimum Gasteiger partial charge on any atom is -0.507 e. The largest absolute Gasteiger partial charge is 0.507 e. The molecule has 33 heavy (non-hydrogen) atoms. The molecule has 1 fully saturated rings. The van der Waals surface area contributed by atoms with Gasteiger partial charge in [-0.15, -0.1) is 0 Å². The molecule has 0 spiro atoms. The maximum atomic E-state index is 13.5. The second-order valence-electron chi connectivity index (χ2n) is 8.47. The molecule has 0 saturated heterocycles. The van der Waals surface area contributed by atoms with E-state index in [1.807, 2.05) is 4.90 Å². The molecule has 0 radical (unpaired) electrons. The lowest BCUT2D eigenvalue weighted by Crippen LogP contribution is -2.51. The molecule has 1 aliphatic carbocycles. The number of hydrogen-bond donors (Lipinski definition) is 4. The smallest absolute Gasteiger partial charge is 0.248 e. The van der Waals surface area contributed by atoms with Gasteiger partial charge in [0.05, 0.1) is 5.57 Å². The number of amides is 1. The van der Waals surface area contributed by atoms with Crippen LogP contribution >= 0.6 is 11.6 Å². The second-order valence-corrected chi connectivity index (χ2v) is 8.91. The number of phenols is 1. The summed E-state index contributed by atoms with van der Waals surface area (Å²) in [7, 11) is 0. The fraction of sp³-hybridized carbons (Fsp3) is 0.320. The van der Waals surface area contributed by atoms with E-state index in [-0.39, 0.29) is 11.8 Å². The minimum atomic E-state index is -0.698. The second kappa shape index (κ2) is 9.85. The van der Waals surface area contributed by atoms with Crippen LogP contribution < -0.4 is 16.8 Å². The number of allylic oxidation sites excluding steroid dienone is 2. The summed E-state index contributed by atoms with van der Waals surface area (Å²) in [6.07, 6.45) is 7.92. The van der Waals surface area contributed by atoms with E-state index in [4.69, 9.17) is 23.1 Å². The maximum Gasteiger partial charge on any atom is 0.248 e. The van der Waals surface area contributed by atoms with Gasteiger partial charge in [-0.1, -0.05) is 30.9 Å². The van der Waals surface area contributed by atoms with Crippen molar-refractivity contribution in [2.24, 2.45) is 11.5 Å². The molecule has 1 aliphatic heterocycles. The third-order valence-electron chi connectivity index (χ3n) is 6.33. The summed E-state index contributed by atoms with van der Waals surface area (Å²) in [5.41, 5.74) is 15.4. The Morgan fingerprint density at radius 2 is 1.91 bits per heavy atom. The molecule has 1 unspecified atom stereocenters. The van der Waals surface area contributed by atoms with Crippen molar-refractivity contribution < 1.29 is 14.3 Å². The van der Waals surface area contributed by atoms with E-state index in [9.17, 15) is 14.3 Å². The van der Waals surface area contributed by atoms with Crippen molar-refractivity contribution in [1.29, 1.82) is 0 Å². The number of hydrogen-bond acceptors (Lipinski definition) is 5. The summed E-state index contributed by atoms with van der Waals surface area (Å²) in [6.45, 7) is -0.663. The number of halogens is 2. The quantitative estimate of drug-likeness (QED) is 0.447. The molecular weight excluding hydrogens is 443 g/mol. The van der Waals surface area contributed by atoms with Gasteiger partial charge in [0.2, 0.25) is 5.91 Å². The number of carbonyl (C=O) groups excluding carboxylic acids is 1. The van der Waals surface area contributed by atoms with Gasteiger partial charge in [-0.05, 0) is 61.4 Å². The van der Waals surface area contributed by atoms with Crippen molar-refractivity contribution >= 4 is 34.6 Å². The van der Waals surface area contributed by atoms with Gasteiger partial charge in [0.25, 0.3) is 0 Å². The standard InChI is InChI=1S/C25H28ClFN4O2/c26-16-6-9-21(15(12-16)14-27)30-17-7-11-23(32)20(13-17)22-10-8-19(25(29)33)24(28)31(22)18-4-2-1-3-5-18/h6-13,18,24,30,32H,1-5,14,28H2,(H2,29,33). The normalized spacial score (nSPS) is 19.1. The van der Waals surface area contributed by atoms with Gasteiger partial charge in [-0.3, -0.25) is 4.79 Å². The topological polar surface area (TPSA) is 105 Å². The third-order valence-corrected chi connectivity index (χ3v) is 6.57. The predicted molar refractivity (Wildman–Crippen MR) is 130 cm³/mol. The molecule has 1 amide bonds. The minimum absolute atomic E-state index is 0.0811. The van der Waals surface area contributed by atoms with Crippen molar-refractivity contribution in [3.05, 3.63) is 70.3 Å². The lowest BCUT2D eigenvalue weighted by atomic mass is 9.90. The zero-order chi connectivity index (χ0) is 23.5. The third kappa shape index (κ3) is 4.84. The molecule has 2 aromatic carbocycles. The van der Waals surface area contributed by atoms with E-state index in [1.165, 1.54) is 6.42 Å². The van der Waals surface area contributed by atoms with Crippen LogP contribution in [0.1, 0.15) is 43.2 Å². The number of nitrogens with zero attached hydrogens (tertiary/aromatic N) is 1. The number of nitrogens with two attached hydrogens (primary N) is 2. The number of carbonyl (C=O) groups is 1. The monoisotopic (exact) mass is 470 g/mol. The average Bonchev–Trinajstić information content (AvgIpc) is 2.81. The average molecular weight is 471 g/mol. The number of alkyl halides is 1. The Balaban J connectivity index is 1.73. The van der Waals surface area contributed by atoms with Gasteiger partial charge in [0.1, 0.15) is 18.6 Å². The molecule has 2 aliphatic rings. The van der Waals surface area contributed by atoms with Gasteiger partial charge < -0.3 is 26.8 Å². The van der Waals surface area contributed by atoms with Gasteiger partial charge in [0, 0.05) is 39.3 Å². The highest BCUT2D eigenvalue weighted by Crippen LogP contribution is 2.39. The van der Waals surface area contributed by atoms with Gasteiger partial charge in [-0.2, -0.15) is 0 Å². The van der Waals surface area contributed by atoms with Crippen LogP contribution in [0.3, 0.4) is 0 Å². The Morgan fingerprint density at radius 1 is 1.15 bits per heavy atom. The highest BCUT2D eigenvalue weighted by Gasteiger charge is 2.34. The highest BCUT2D eigenvalue weighted by molar-refractivity contribution is 6.30. The SMILES string of the molecule is NC(=O)C1=CC=C(c2cc(Nc3ccc(Cl)cc3CF)ccc2O)N(C2CCCCC2)C1N. The Morgan fingerprint density at radius 3 is 2.61 bits per heavy atom. The molecule has 2 aromatic rings. The van der Waals surface area contributed by atoms with E-state index in [0.717, 1.165) is 31.4 Å². The highest BCUT2D eigenvalue weighted by atomic mass is 35.5. The molecule has 8 heteroatoms. The first-order chi connectivity index (χ1) is 15.9. The molecule has 6 N–H and O–H groups in total. The Bertz CT molecular complexity index is 1110. The predicted octanol–water partition coefficient (Wildman–Crippen LogP) is 4.94. The molecule has 1 heterocycles. The van der Waals surface area contributed by atoms with E-state index < -0.39 is 18.7 Å². The van der Waals surface area contributed by atoms with E-state index in [0.29, 0.717) is 33.1 Å². The van der Waals surface area contributed by atoms with Gasteiger partial charge >= 0.3 is 0 Å². The Hall–Kier alpha value is -3.03. The molecular formula is C25H28ClFN4O2. The van der Waals surface area contributed by atoms with Gasteiger partial charge in [0.15, 0.2) is 0 Å². The van der Waals surface area contributed by atoms with Crippen LogP contribution in [0.4, 0.5) is 15.8 Å². The van der Waals surface area contributed by atoms with Crippen molar-refractivity contribution in [3.8, 4) is 5.75 Å². The molecule has 1 saturated carbocycles. The van der Waals surface area contributed by atoms with Crippen LogP contribution in [-0.4, -0.2) is 28.1 Å². The zero-order valence-corrected chi connectivity index (χ0v) is 19.0. The maximum absolute atomic E-state index is 13.5. The number of rotatable bonds is 6. The first kappa shape index (κ1) is 23.1. The lowest BCUT2D eigenvalue weighted by Gasteiger charge is -2.43. The van der Waals surface area contributed by atoms with Crippen molar-refractivity contribution in [1.82, 2.24) is 4.90 Å². The van der Waals surface area contributed by atoms with Crippen molar-refractivity contribution in [2.45, 2.75) is 51.0 Å². The van der Waals surface area contributed by atoms with Crippen molar-refractivity contribution in [2.75, 3.05) is 5.32 Å². The van der Waals surface area contributed by atoms with Crippen LogP contribution in [-0.2, 0) is 11.5 Å². The fourth-order valence-corrected chi connectivity index (χ4v) is 4.86. The first-order valence-electron chi connectivity index (χ1n) is 11.1. The number of phenolic OH excluding ortho intramolecular Hbond substituents is 1. The van der Waals surface area contributed by atoms with E-state index >= 15 is 0 Å². The fourth-order valence-electron chi connectivity index (χ4n) is 4.66. The number of aromatic hydroxyl groups is 1. The summed E-state index contributed by atoms with van der Waals surface area (Å²) < 4.78 is 13.5. The van der Waals surface area contributed by atoms with Crippen LogP contribution in [0.15, 0.2) is 54.1 Å². The number of nitrogens with one attached hydrogen (secondary N) is 1. The van der Waals surface area contributed by atoms with Gasteiger partial charge in [-0.25, -0.2) is 4.39 Å². The van der Waals surface area contributed by atoms with Crippen LogP contribution in [0.5, 0.6) is 5.75 Å². The lowest BCUT2D eigenvalue weighted by molar-refractivity contribution is -0.115. The molecule has 174 valence electrons. The molecule has 4 rings (SSSR count). The molecule has 0 aromatic heterocycles. The molecule has 6 nitrogen and oxygen atoms in total. The van der Waals surface area contributed by atoms with Crippen LogP contribution in [0.25, 0.3) is 5.70 Å².